The molecule has 0 heterocycles. The number of hydrogen-bond donors (Lipinski definition) is 4. The molecule has 1 aromatic rings. The highest BCUT2D eigenvalue weighted by molar-refractivity contribution is 5.66. The van der Waals surface area contributed by atoms with E-state index < -0.39 is 12.2 Å². The summed E-state index contributed by atoms with van der Waals surface area (Å²) in [4.78, 5) is 10.5. The second-order valence-electron chi connectivity index (χ2n) is 7.33. The quantitative estimate of drug-likeness (QED) is 0.362. The van der Waals surface area contributed by atoms with E-state index in [1.54, 1.807) is 12.1 Å². The van der Waals surface area contributed by atoms with Crippen molar-refractivity contribution < 1.29 is 20.1 Å². The highest BCUT2D eigenvalue weighted by Crippen LogP contribution is 2.34. The number of carboxylic acids is 1. The molecule has 0 aromatic heterocycles. The molecule has 25 heavy (non-hydrogen) atoms. The fourth-order valence-electron chi connectivity index (χ4n) is 3.87. The third kappa shape index (κ3) is 7.04. The van der Waals surface area contributed by atoms with Gasteiger partial charge in [-0.2, -0.15) is 0 Å². The van der Waals surface area contributed by atoms with Crippen LogP contribution in [-0.4, -0.2) is 33.1 Å². The van der Waals surface area contributed by atoms with Crippen LogP contribution in [0.1, 0.15) is 69.8 Å². The van der Waals surface area contributed by atoms with Crippen molar-refractivity contribution in [2.45, 2.75) is 82.4 Å². The lowest BCUT2D eigenvalue weighted by atomic mass is 9.89. The predicted octanol–water partition coefficient (Wildman–Crippen LogP) is 3.58. The first kappa shape index (κ1) is 19.7. The first-order chi connectivity index (χ1) is 12.0. The van der Waals surface area contributed by atoms with Crippen molar-refractivity contribution in [2.24, 2.45) is 0 Å². The molecule has 5 heteroatoms. The molecule has 5 nitrogen and oxygen atoms in total. The fourth-order valence-corrected chi connectivity index (χ4v) is 3.87. The van der Waals surface area contributed by atoms with E-state index in [0.29, 0.717) is 6.42 Å². The molecule has 1 aliphatic carbocycles. The molecule has 1 aromatic carbocycles. The van der Waals surface area contributed by atoms with Crippen molar-refractivity contribution in [3.8, 4) is 5.75 Å². The third-order valence-corrected chi connectivity index (χ3v) is 5.19. The number of aliphatic hydroxyl groups excluding tert-OH is 1. The number of aliphatic carboxylic acids is 1. The molecule has 0 aliphatic heterocycles. The van der Waals surface area contributed by atoms with E-state index >= 15 is 0 Å². The van der Waals surface area contributed by atoms with Crippen molar-refractivity contribution in [3.05, 3.63) is 29.8 Å². The summed E-state index contributed by atoms with van der Waals surface area (Å²) in [5.74, 6) is -0.479. The van der Waals surface area contributed by atoms with Crippen molar-refractivity contribution in [1.82, 2.24) is 5.32 Å². The number of carboxylic acid groups (broad SMARTS) is 1. The minimum absolute atomic E-state index is 0.0170. The molecule has 1 unspecified atom stereocenters. The van der Waals surface area contributed by atoms with Crippen LogP contribution in [0.2, 0.25) is 0 Å². The number of benzene rings is 1. The highest BCUT2D eigenvalue weighted by Gasteiger charge is 2.34. The average molecular weight is 349 g/mol. The monoisotopic (exact) mass is 349 g/mol. The van der Waals surface area contributed by atoms with Gasteiger partial charge >= 0.3 is 5.97 Å². The highest BCUT2D eigenvalue weighted by atomic mass is 16.4. The Morgan fingerprint density at radius 2 is 1.72 bits per heavy atom. The molecule has 1 fully saturated rings. The van der Waals surface area contributed by atoms with E-state index in [0.717, 1.165) is 50.5 Å². The van der Waals surface area contributed by atoms with Crippen LogP contribution in [0.3, 0.4) is 0 Å². The molecular formula is C20H31NO4. The molecule has 0 spiro atoms. The summed E-state index contributed by atoms with van der Waals surface area (Å²) in [5, 5.41) is 31.9. The van der Waals surface area contributed by atoms with Gasteiger partial charge in [0.15, 0.2) is 0 Å². The molecular weight excluding hydrogens is 318 g/mol. The van der Waals surface area contributed by atoms with Gasteiger partial charge < -0.3 is 15.3 Å². The third-order valence-electron chi connectivity index (χ3n) is 5.19. The van der Waals surface area contributed by atoms with E-state index in [1.165, 1.54) is 12.8 Å². The molecule has 0 saturated heterocycles. The summed E-state index contributed by atoms with van der Waals surface area (Å²) in [5.41, 5.74) is 1.02. The van der Waals surface area contributed by atoms with Gasteiger partial charge in [0.2, 0.25) is 0 Å². The topological polar surface area (TPSA) is 89.8 Å². The lowest BCUT2D eigenvalue weighted by molar-refractivity contribution is -0.137. The molecule has 4 N–H and O–H groups in total. The van der Waals surface area contributed by atoms with Crippen LogP contribution in [0, 0.1) is 0 Å². The summed E-state index contributed by atoms with van der Waals surface area (Å²) in [6, 6.07) is 6.96. The Kier molecular flexibility index (Phi) is 7.72. The number of hydrogen-bond acceptors (Lipinski definition) is 4. The zero-order valence-corrected chi connectivity index (χ0v) is 14.9. The summed E-state index contributed by atoms with van der Waals surface area (Å²) in [6.07, 6.45) is 9.62. The SMILES string of the molecule is O=C(O)CCCCCCC1(NC(O)Cc2ccc(O)cc2)CCCC1. The van der Waals surface area contributed by atoms with Gasteiger partial charge in [-0.1, -0.05) is 44.2 Å². The largest absolute Gasteiger partial charge is 0.508 e. The lowest BCUT2D eigenvalue weighted by Gasteiger charge is -2.33. The standard InChI is InChI=1S/C20H31NO4/c22-17-10-8-16(9-11-17)15-18(23)21-20(13-5-6-14-20)12-4-2-1-3-7-19(24)25/h8-11,18,21-23H,1-7,12-15H2,(H,24,25). The van der Waals surface area contributed by atoms with Gasteiger partial charge in [-0.15, -0.1) is 0 Å². The van der Waals surface area contributed by atoms with E-state index in [4.69, 9.17) is 5.11 Å². The number of rotatable bonds is 11. The smallest absolute Gasteiger partial charge is 0.303 e. The number of nitrogens with one attached hydrogen (secondary N) is 1. The number of unbranched alkanes of at least 4 members (excludes halogenated alkanes) is 3. The average Bonchev–Trinajstić information content (AvgIpc) is 3.01. The summed E-state index contributed by atoms with van der Waals surface area (Å²) in [7, 11) is 0. The Hall–Kier alpha value is -1.59. The van der Waals surface area contributed by atoms with Gasteiger partial charge in [-0.3, -0.25) is 10.1 Å². The molecule has 1 aliphatic rings. The van der Waals surface area contributed by atoms with Crippen molar-refractivity contribution in [1.29, 1.82) is 0 Å². The maximum Gasteiger partial charge on any atom is 0.303 e. The van der Waals surface area contributed by atoms with E-state index in [2.05, 4.69) is 5.32 Å². The van der Waals surface area contributed by atoms with Gasteiger partial charge in [0, 0.05) is 18.4 Å². The van der Waals surface area contributed by atoms with Crippen molar-refractivity contribution in [2.75, 3.05) is 0 Å². The van der Waals surface area contributed by atoms with Gasteiger partial charge in [0.05, 0.1) is 0 Å². The van der Waals surface area contributed by atoms with Crippen LogP contribution < -0.4 is 5.32 Å². The van der Waals surface area contributed by atoms with E-state index in [-0.39, 0.29) is 17.7 Å². The van der Waals surface area contributed by atoms with Crippen molar-refractivity contribution in [3.63, 3.8) is 0 Å². The Labute approximate surface area is 150 Å². The predicted molar refractivity (Wildman–Crippen MR) is 97.5 cm³/mol. The molecule has 0 amide bonds. The minimum Gasteiger partial charge on any atom is -0.508 e. The Bertz CT molecular complexity index is 523. The molecule has 1 saturated carbocycles. The van der Waals surface area contributed by atoms with Crippen LogP contribution in [-0.2, 0) is 11.2 Å². The van der Waals surface area contributed by atoms with Crippen LogP contribution in [0.4, 0.5) is 0 Å². The lowest BCUT2D eigenvalue weighted by Crippen LogP contribution is -2.49. The first-order valence-electron chi connectivity index (χ1n) is 9.45. The summed E-state index contributed by atoms with van der Waals surface area (Å²) in [6.45, 7) is 0. The fraction of sp³-hybridized carbons (Fsp3) is 0.650. The van der Waals surface area contributed by atoms with Gasteiger partial charge in [-0.25, -0.2) is 0 Å². The number of phenolic OH excluding ortho intramolecular Hbond substituents is 1. The minimum atomic E-state index is -0.716. The summed E-state index contributed by atoms with van der Waals surface area (Å²) < 4.78 is 0. The zero-order chi connectivity index (χ0) is 18.1. The molecule has 140 valence electrons. The molecule has 0 bridgehead atoms. The number of aromatic hydroxyl groups is 1. The van der Waals surface area contributed by atoms with E-state index in [1.807, 2.05) is 12.1 Å². The van der Waals surface area contributed by atoms with E-state index in [9.17, 15) is 15.0 Å². The Balaban J connectivity index is 1.76. The van der Waals surface area contributed by atoms with Crippen LogP contribution in [0.5, 0.6) is 5.75 Å². The Morgan fingerprint density at radius 1 is 1.08 bits per heavy atom. The van der Waals surface area contributed by atoms with Crippen molar-refractivity contribution >= 4 is 5.97 Å². The second kappa shape index (κ2) is 9.78. The molecule has 1 atom stereocenters. The van der Waals surface area contributed by atoms with Gasteiger partial charge in [-0.05, 0) is 43.4 Å². The van der Waals surface area contributed by atoms with Crippen LogP contribution in [0.25, 0.3) is 0 Å². The maximum absolute atomic E-state index is 10.5. The Morgan fingerprint density at radius 3 is 2.36 bits per heavy atom. The second-order valence-corrected chi connectivity index (χ2v) is 7.33. The number of phenols is 1. The number of carbonyl (C=O) groups is 1. The summed E-state index contributed by atoms with van der Waals surface area (Å²) >= 11 is 0. The first-order valence-corrected chi connectivity index (χ1v) is 9.45. The zero-order valence-electron chi connectivity index (χ0n) is 14.9. The maximum atomic E-state index is 10.5. The van der Waals surface area contributed by atoms with Crippen LogP contribution >= 0.6 is 0 Å². The normalized spacial score (nSPS) is 17.5. The van der Waals surface area contributed by atoms with Crippen LogP contribution in [0.15, 0.2) is 24.3 Å². The molecule has 0 radical (unpaired) electrons. The number of aliphatic hydroxyl groups is 1. The van der Waals surface area contributed by atoms with Gasteiger partial charge in [0.25, 0.3) is 0 Å². The molecule has 2 rings (SSSR count). The van der Waals surface area contributed by atoms with Gasteiger partial charge in [0.1, 0.15) is 12.0 Å².